The van der Waals surface area contributed by atoms with Gasteiger partial charge in [-0.25, -0.2) is 8.42 Å². The van der Waals surface area contributed by atoms with Crippen LogP contribution < -0.4 is 0 Å². The number of fused-ring (bicyclic) bond motifs is 1. The lowest BCUT2D eigenvalue weighted by Crippen LogP contribution is -2.43. The Morgan fingerprint density at radius 1 is 1.52 bits per heavy atom. The first-order valence-corrected chi connectivity index (χ1v) is 8.73. The van der Waals surface area contributed by atoms with E-state index in [0.717, 1.165) is 12.8 Å². The Morgan fingerprint density at radius 3 is 3.10 bits per heavy atom. The summed E-state index contributed by atoms with van der Waals surface area (Å²) in [5.74, 6) is 0. The van der Waals surface area contributed by atoms with Crippen molar-refractivity contribution in [3.8, 4) is 0 Å². The average molecular weight is 312 g/mol. The summed E-state index contributed by atoms with van der Waals surface area (Å²) >= 11 is 0. The molecule has 2 aliphatic heterocycles. The highest BCUT2D eigenvalue weighted by atomic mass is 32.2. The molecule has 0 spiro atoms. The van der Waals surface area contributed by atoms with Crippen molar-refractivity contribution in [3.05, 3.63) is 24.5 Å². The van der Waals surface area contributed by atoms with Crippen LogP contribution in [0.25, 0.3) is 0 Å². The van der Waals surface area contributed by atoms with Crippen molar-refractivity contribution in [3.63, 3.8) is 0 Å². The summed E-state index contributed by atoms with van der Waals surface area (Å²) in [6.07, 6.45) is 4.30. The second kappa shape index (κ2) is 6.00. The molecule has 0 aliphatic carbocycles. The van der Waals surface area contributed by atoms with Gasteiger partial charge in [0.05, 0.1) is 12.1 Å². The summed E-state index contributed by atoms with van der Waals surface area (Å²) in [4.78, 5) is 4.14. The summed E-state index contributed by atoms with van der Waals surface area (Å²) in [5, 5.41) is 0. The number of nitrogens with zero attached hydrogens (tertiary/aromatic N) is 2. The van der Waals surface area contributed by atoms with Gasteiger partial charge < -0.3 is 9.47 Å². The zero-order valence-electron chi connectivity index (χ0n) is 12.0. The van der Waals surface area contributed by atoms with E-state index in [1.54, 1.807) is 18.3 Å². The lowest BCUT2D eigenvalue weighted by Gasteiger charge is -2.31. The van der Waals surface area contributed by atoms with Gasteiger partial charge in [-0.2, -0.15) is 4.31 Å². The molecule has 6 nitrogen and oxygen atoms in total. The monoisotopic (exact) mass is 312 g/mol. The molecule has 1 aromatic heterocycles. The number of pyridine rings is 1. The van der Waals surface area contributed by atoms with E-state index in [1.165, 1.54) is 10.5 Å². The molecule has 0 N–H and O–H groups in total. The quantitative estimate of drug-likeness (QED) is 0.831. The second-order valence-electron chi connectivity index (χ2n) is 5.30. The van der Waals surface area contributed by atoms with Gasteiger partial charge in [0.2, 0.25) is 10.0 Å². The van der Waals surface area contributed by atoms with Crippen LogP contribution in [0.3, 0.4) is 0 Å². The lowest BCUT2D eigenvalue weighted by molar-refractivity contribution is -0.0727. The van der Waals surface area contributed by atoms with Gasteiger partial charge in [0.25, 0.3) is 0 Å². The van der Waals surface area contributed by atoms with E-state index >= 15 is 0 Å². The van der Waals surface area contributed by atoms with Gasteiger partial charge in [0, 0.05) is 32.2 Å². The predicted molar refractivity (Wildman–Crippen MR) is 76.3 cm³/mol. The third-order valence-electron chi connectivity index (χ3n) is 4.05. The fourth-order valence-corrected chi connectivity index (χ4v) is 4.78. The molecule has 116 valence electrons. The minimum Gasteiger partial charge on any atom is -0.374 e. The molecule has 7 heteroatoms. The topological polar surface area (TPSA) is 68.7 Å². The van der Waals surface area contributed by atoms with E-state index in [4.69, 9.17) is 9.47 Å². The van der Waals surface area contributed by atoms with Gasteiger partial charge in [-0.3, -0.25) is 4.98 Å². The van der Waals surface area contributed by atoms with E-state index in [-0.39, 0.29) is 23.1 Å². The molecule has 2 fully saturated rings. The molecular formula is C14H20N2O4S. The highest BCUT2D eigenvalue weighted by Crippen LogP contribution is 2.34. The van der Waals surface area contributed by atoms with Crippen LogP contribution >= 0.6 is 0 Å². The lowest BCUT2D eigenvalue weighted by atomic mass is 10.0. The number of rotatable bonds is 4. The van der Waals surface area contributed by atoms with E-state index in [0.29, 0.717) is 19.8 Å². The molecular weight excluding hydrogens is 292 g/mol. The summed E-state index contributed by atoms with van der Waals surface area (Å²) in [5.41, 5.74) is 0. The summed E-state index contributed by atoms with van der Waals surface area (Å²) in [6.45, 7) is 3.49. The number of hydrogen-bond acceptors (Lipinski definition) is 5. The van der Waals surface area contributed by atoms with E-state index in [2.05, 4.69) is 4.98 Å². The van der Waals surface area contributed by atoms with Crippen LogP contribution in [-0.4, -0.2) is 55.7 Å². The first kappa shape index (κ1) is 14.9. The van der Waals surface area contributed by atoms with Crippen LogP contribution in [-0.2, 0) is 19.5 Å². The molecule has 0 bridgehead atoms. The van der Waals surface area contributed by atoms with Crippen molar-refractivity contribution in [2.24, 2.45) is 0 Å². The minimum atomic E-state index is -3.55. The van der Waals surface area contributed by atoms with Crippen LogP contribution in [0.1, 0.15) is 19.8 Å². The first-order valence-electron chi connectivity index (χ1n) is 7.29. The van der Waals surface area contributed by atoms with E-state index in [9.17, 15) is 8.42 Å². The zero-order chi connectivity index (χ0) is 14.9. The van der Waals surface area contributed by atoms with Crippen molar-refractivity contribution in [1.82, 2.24) is 9.29 Å². The molecule has 0 aromatic carbocycles. The van der Waals surface area contributed by atoms with Crippen LogP contribution in [0.15, 0.2) is 29.4 Å². The Labute approximate surface area is 125 Å². The van der Waals surface area contributed by atoms with Crippen LogP contribution in [0, 0.1) is 0 Å². The van der Waals surface area contributed by atoms with Gasteiger partial charge >= 0.3 is 0 Å². The zero-order valence-corrected chi connectivity index (χ0v) is 12.8. The molecule has 3 heterocycles. The smallest absolute Gasteiger partial charge is 0.245 e. The maximum absolute atomic E-state index is 12.8. The summed E-state index contributed by atoms with van der Waals surface area (Å²) in [6, 6.07) is 3.08. The highest BCUT2D eigenvalue weighted by Gasteiger charge is 2.49. The highest BCUT2D eigenvalue weighted by molar-refractivity contribution is 7.89. The summed E-state index contributed by atoms with van der Waals surface area (Å²) in [7, 11) is -3.55. The third kappa shape index (κ3) is 2.70. The SMILES string of the molecule is CCO[C@@H]1CN(S(=O)(=O)c2cccnc2)[C@@H]2CCCO[C@@H]21. The van der Waals surface area contributed by atoms with Gasteiger partial charge in [-0.15, -0.1) is 0 Å². The molecule has 0 radical (unpaired) electrons. The molecule has 2 saturated heterocycles. The molecule has 3 atom stereocenters. The van der Waals surface area contributed by atoms with Gasteiger partial charge in [0.1, 0.15) is 11.0 Å². The van der Waals surface area contributed by atoms with Crippen molar-refractivity contribution >= 4 is 10.0 Å². The third-order valence-corrected chi connectivity index (χ3v) is 5.93. The average Bonchev–Trinajstić information content (AvgIpc) is 2.88. The van der Waals surface area contributed by atoms with E-state index in [1.807, 2.05) is 6.92 Å². The predicted octanol–water partition coefficient (Wildman–Crippen LogP) is 1.04. The Bertz CT molecular complexity index is 578. The van der Waals surface area contributed by atoms with Crippen LogP contribution in [0.2, 0.25) is 0 Å². The number of sulfonamides is 1. The largest absolute Gasteiger partial charge is 0.374 e. The number of aromatic nitrogens is 1. The molecule has 0 amide bonds. The Hall–Kier alpha value is -1.02. The molecule has 0 saturated carbocycles. The van der Waals surface area contributed by atoms with Crippen molar-refractivity contribution in [1.29, 1.82) is 0 Å². The summed E-state index contributed by atoms with van der Waals surface area (Å²) < 4.78 is 38.6. The Balaban J connectivity index is 1.91. The van der Waals surface area contributed by atoms with Gasteiger partial charge in [0.15, 0.2) is 0 Å². The van der Waals surface area contributed by atoms with Crippen molar-refractivity contribution in [2.45, 2.75) is 42.9 Å². The molecule has 1 aromatic rings. The van der Waals surface area contributed by atoms with Crippen LogP contribution in [0.4, 0.5) is 0 Å². The van der Waals surface area contributed by atoms with Crippen molar-refractivity contribution < 1.29 is 17.9 Å². The number of hydrogen-bond donors (Lipinski definition) is 0. The Morgan fingerprint density at radius 2 is 2.38 bits per heavy atom. The van der Waals surface area contributed by atoms with Crippen molar-refractivity contribution in [2.75, 3.05) is 19.8 Å². The first-order chi connectivity index (χ1) is 10.1. The van der Waals surface area contributed by atoms with Gasteiger partial charge in [-0.05, 0) is 31.9 Å². The number of ether oxygens (including phenoxy) is 2. The second-order valence-corrected chi connectivity index (χ2v) is 7.19. The molecule has 3 rings (SSSR count). The normalized spacial score (nSPS) is 30.2. The molecule has 21 heavy (non-hydrogen) atoms. The van der Waals surface area contributed by atoms with E-state index < -0.39 is 10.0 Å². The maximum atomic E-state index is 12.8. The van der Waals surface area contributed by atoms with Gasteiger partial charge in [-0.1, -0.05) is 0 Å². The molecule has 0 unspecified atom stereocenters. The maximum Gasteiger partial charge on any atom is 0.245 e. The molecule has 2 aliphatic rings. The van der Waals surface area contributed by atoms with Crippen LogP contribution in [0.5, 0.6) is 0 Å². The minimum absolute atomic E-state index is 0.138. The fraction of sp³-hybridized carbons (Fsp3) is 0.643. The standard InChI is InChI=1S/C14H20N2O4S/c1-2-19-13-10-16(12-6-4-8-20-14(12)13)21(17,18)11-5-3-7-15-9-11/h3,5,7,9,12-14H,2,4,6,8,10H2,1H3/t12-,13-,14+/m1/s1. The fourth-order valence-electron chi connectivity index (χ4n) is 3.14. The Kier molecular flexibility index (Phi) is 4.26.